The van der Waals surface area contributed by atoms with Crippen molar-refractivity contribution in [1.29, 1.82) is 0 Å². The first-order valence-corrected chi connectivity index (χ1v) is 14.5. The van der Waals surface area contributed by atoms with Crippen molar-refractivity contribution in [3.63, 3.8) is 0 Å². The molecule has 1 heterocycles. The number of rotatable bonds is 8. The molecule has 4 aliphatic rings. The van der Waals surface area contributed by atoms with Gasteiger partial charge in [0.1, 0.15) is 5.78 Å². The topological polar surface area (TPSA) is 72.8 Å². The summed E-state index contributed by atoms with van der Waals surface area (Å²) in [5.41, 5.74) is -0.313. The van der Waals surface area contributed by atoms with Crippen molar-refractivity contribution in [2.45, 2.75) is 112 Å². The van der Waals surface area contributed by atoms with E-state index in [1.807, 2.05) is 6.92 Å². The lowest BCUT2D eigenvalue weighted by Crippen LogP contribution is -2.55. The van der Waals surface area contributed by atoms with E-state index in [1.165, 1.54) is 25.7 Å². The highest BCUT2D eigenvalue weighted by Gasteiger charge is 2.62. The molecule has 35 heavy (non-hydrogen) atoms. The number of ketones is 1. The van der Waals surface area contributed by atoms with Gasteiger partial charge in [0.15, 0.2) is 5.79 Å². The Morgan fingerprint density at radius 3 is 2.26 bits per heavy atom. The molecule has 0 amide bonds. The molecule has 0 radical (unpaired) electrons. The lowest BCUT2D eigenvalue weighted by molar-refractivity contribution is -0.201. The van der Waals surface area contributed by atoms with Gasteiger partial charge in [-0.1, -0.05) is 60.8 Å². The van der Waals surface area contributed by atoms with E-state index in [0.29, 0.717) is 37.4 Å². The molecule has 8 atom stereocenters. The van der Waals surface area contributed by atoms with Gasteiger partial charge in [0.05, 0.1) is 25.6 Å². The van der Waals surface area contributed by atoms with E-state index in [1.54, 1.807) is 0 Å². The minimum atomic E-state index is -0.725. The predicted molar refractivity (Wildman–Crippen MR) is 137 cm³/mol. The summed E-state index contributed by atoms with van der Waals surface area (Å²) in [6, 6.07) is 0. The lowest BCUT2D eigenvalue weighted by Gasteiger charge is -2.56. The van der Waals surface area contributed by atoms with Crippen molar-refractivity contribution in [3.05, 3.63) is 0 Å². The molecule has 4 rings (SSSR count). The van der Waals surface area contributed by atoms with Gasteiger partial charge in [0, 0.05) is 11.8 Å². The van der Waals surface area contributed by atoms with Crippen LogP contribution in [-0.4, -0.2) is 35.9 Å². The highest BCUT2D eigenvalue weighted by Crippen LogP contribution is 2.66. The van der Waals surface area contributed by atoms with Gasteiger partial charge < -0.3 is 14.6 Å². The maximum absolute atomic E-state index is 13.7. The van der Waals surface area contributed by atoms with Crippen molar-refractivity contribution in [3.8, 4) is 0 Å². The first kappa shape index (κ1) is 27.1. The van der Waals surface area contributed by atoms with Crippen LogP contribution in [0, 0.1) is 52.3 Å². The number of Topliss-reactive ketones (excluding diaryl/α,β-unsaturated/α-hetero) is 1. The van der Waals surface area contributed by atoms with Crippen LogP contribution in [0.3, 0.4) is 0 Å². The number of ether oxygens (including phenoxy) is 2. The van der Waals surface area contributed by atoms with Gasteiger partial charge in [0.2, 0.25) is 0 Å². The van der Waals surface area contributed by atoms with E-state index >= 15 is 0 Å². The summed E-state index contributed by atoms with van der Waals surface area (Å²) in [5, 5.41) is 10.2. The number of carboxylic acids is 1. The molecule has 0 aromatic carbocycles. The number of hydrogen-bond donors (Lipinski definition) is 1. The molecule has 1 aliphatic heterocycles. The highest BCUT2D eigenvalue weighted by atomic mass is 16.7. The molecule has 1 spiro atoms. The van der Waals surface area contributed by atoms with Crippen LogP contribution in [0.2, 0.25) is 0 Å². The normalized spacial score (nSPS) is 40.7. The Balaban J connectivity index is 1.57. The van der Waals surface area contributed by atoms with Crippen LogP contribution in [0.5, 0.6) is 0 Å². The summed E-state index contributed by atoms with van der Waals surface area (Å²) in [7, 11) is 0. The van der Waals surface area contributed by atoms with E-state index in [9.17, 15) is 14.7 Å². The molecule has 1 saturated heterocycles. The van der Waals surface area contributed by atoms with E-state index < -0.39 is 23.1 Å². The fourth-order valence-electron chi connectivity index (χ4n) is 9.08. The van der Waals surface area contributed by atoms with Crippen LogP contribution in [0.15, 0.2) is 0 Å². The largest absolute Gasteiger partial charge is 0.481 e. The van der Waals surface area contributed by atoms with Crippen LogP contribution in [0.4, 0.5) is 0 Å². The van der Waals surface area contributed by atoms with E-state index in [2.05, 4.69) is 34.6 Å². The number of carbonyl (C=O) groups is 2. The second-order valence-electron chi connectivity index (χ2n) is 13.6. The SMILES string of the molecule is CC(C)CCC[C@@H](C)[C@H]1CCC2C(C(C)C(=O)O)C([C@@]3(C)CCC4(CC3=O)OCCO4)CC[C@@]21C. The number of hydrogen-bond acceptors (Lipinski definition) is 4. The Kier molecular flexibility index (Phi) is 7.81. The summed E-state index contributed by atoms with van der Waals surface area (Å²) in [5.74, 6) is 0.980. The first-order valence-electron chi connectivity index (χ1n) is 14.5. The van der Waals surface area contributed by atoms with Crippen molar-refractivity contribution < 1.29 is 24.2 Å². The van der Waals surface area contributed by atoms with Gasteiger partial charge >= 0.3 is 5.97 Å². The fraction of sp³-hybridized carbons (Fsp3) is 0.933. The minimum absolute atomic E-state index is 0.0486. The van der Waals surface area contributed by atoms with E-state index in [4.69, 9.17) is 9.47 Å². The van der Waals surface area contributed by atoms with Crippen molar-refractivity contribution in [1.82, 2.24) is 0 Å². The molecule has 0 aromatic heterocycles. The Morgan fingerprint density at radius 1 is 0.971 bits per heavy atom. The maximum Gasteiger partial charge on any atom is 0.306 e. The summed E-state index contributed by atoms with van der Waals surface area (Å²) < 4.78 is 11.8. The Morgan fingerprint density at radius 2 is 1.66 bits per heavy atom. The highest BCUT2D eigenvalue weighted by molar-refractivity contribution is 5.86. The van der Waals surface area contributed by atoms with Gasteiger partial charge in [0.25, 0.3) is 0 Å². The van der Waals surface area contributed by atoms with Gasteiger partial charge in [-0.25, -0.2) is 0 Å². The predicted octanol–water partition coefficient (Wildman–Crippen LogP) is 6.73. The summed E-state index contributed by atoms with van der Waals surface area (Å²) in [6.45, 7) is 14.7. The Labute approximate surface area is 213 Å². The molecule has 3 saturated carbocycles. The summed E-state index contributed by atoms with van der Waals surface area (Å²) in [4.78, 5) is 26.1. The second kappa shape index (κ2) is 10.1. The van der Waals surface area contributed by atoms with E-state index in [-0.39, 0.29) is 23.0 Å². The second-order valence-corrected chi connectivity index (χ2v) is 13.6. The summed E-state index contributed by atoms with van der Waals surface area (Å²) in [6.07, 6.45) is 10.0. The monoisotopic (exact) mass is 490 g/mol. The average Bonchev–Trinajstić information content (AvgIpc) is 3.39. The Hall–Kier alpha value is -0.940. The van der Waals surface area contributed by atoms with Gasteiger partial charge in [-0.3, -0.25) is 9.59 Å². The van der Waals surface area contributed by atoms with Crippen molar-refractivity contribution >= 4 is 11.8 Å². The zero-order chi connectivity index (χ0) is 25.6. The number of carboxylic acid groups (broad SMARTS) is 1. The van der Waals surface area contributed by atoms with Crippen LogP contribution in [0.25, 0.3) is 0 Å². The van der Waals surface area contributed by atoms with Gasteiger partial charge in [-0.05, 0) is 73.0 Å². The first-order chi connectivity index (χ1) is 16.4. The maximum atomic E-state index is 13.7. The van der Waals surface area contributed by atoms with Crippen LogP contribution < -0.4 is 0 Å². The molecular formula is C30H50O5. The third-order valence-electron chi connectivity index (χ3n) is 11.2. The third kappa shape index (κ3) is 4.85. The van der Waals surface area contributed by atoms with Gasteiger partial charge in [-0.2, -0.15) is 0 Å². The fourth-order valence-corrected chi connectivity index (χ4v) is 9.08. The zero-order valence-corrected chi connectivity index (χ0v) is 23.1. The number of fused-ring (bicyclic) bond motifs is 1. The molecule has 1 N–H and O–H groups in total. The number of carbonyl (C=O) groups excluding carboxylic acids is 1. The summed E-state index contributed by atoms with van der Waals surface area (Å²) >= 11 is 0. The quantitative estimate of drug-likeness (QED) is 0.408. The smallest absolute Gasteiger partial charge is 0.306 e. The molecule has 5 heteroatoms. The average molecular weight is 491 g/mol. The molecule has 4 fully saturated rings. The van der Waals surface area contributed by atoms with Crippen LogP contribution >= 0.6 is 0 Å². The Bertz CT molecular complexity index is 786. The van der Waals surface area contributed by atoms with Crippen molar-refractivity contribution in [2.24, 2.45) is 52.3 Å². The minimum Gasteiger partial charge on any atom is -0.481 e. The zero-order valence-electron chi connectivity index (χ0n) is 23.1. The molecule has 5 nitrogen and oxygen atoms in total. The molecule has 0 aromatic rings. The molecule has 0 bridgehead atoms. The van der Waals surface area contributed by atoms with Crippen molar-refractivity contribution in [2.75, 3.05) is 13.2 Å². The third-order valence-corrected chi connectivity index (χ3v) is 11.2. The number of aliphatic carboxylic acids is 1. The van der Waals surface area contributed by atoms with Gasteiger partial charge in [-0.15, -0.1) is 0 Å². The molecule has 200 valence electrons. The standard InChI is InChI=1S/C30H50O5/c1-19(2)8-7-9-20(3)22-10-11-23-26(21(4)27(32)33)24(12-13-28(22,23)5)29(6)14-15-30(18-25(29)31)34-16-17-35-30/h19-24,26H,7-18H2,1-6H3,(H,32,33)/t20-,21?,22-,23?,24?,26?,28-,29-/m1/s1. The molecular weight excluding hydrogens is 440 g/mol. The lowest BCUT2D eigenvalue weighted by atomic mass is 9.48. The van der Waals surface area contributed by atoms with Crippen LogP contribution in [-0.2, 0) is 19.1 Å². The molecule has 3 aliphatic carbocycles. The molecule has 4 unspecified atom stereocenters. The van der Waals surface area contributed by atoms with E-state index in [0.717, 1.165) is 38.0 Å². The van der Waals surface area contributed by atoms with Crippen LogP contribution in [0.1, 0.15) is 106 Å².